The Labute approximate surface area is 165 Å². The van der Waals surface area contributed by atoms with Gasteiger partial charge in [0.05, 0.1) is 19.9 Å². The first-order chi connectivity index (χ1) is 13.4. The van der Waals surface area contributed by atoms with Gasteiger partial charge in [0, 0.05) is 41.3 Å². The van der Waals surface area contributed by atoms with E-state index >= 15 is 0 Å². The molecule has 0 aliphatic rings. The van der Waals surface area contributed by atoms with Crippen LogP contribution in [-0.2, 0) is 0 Å². The summed E-state index contributed by atoms with van der Waals surface area (Å²) in [6.45, 7) is 6.20. The van der Waals surface area contributed by atoms with E-state index in [-0.39, 0.29) is 5.54 Å². The number of hydrogen-bond donors (Lipinski definition) is 2. The predicted octanol–water partition coefficient (Wildman–Crippen LogP) is 4.51. The van der Waals surface area contributed by atoms with E-state index in [9.17, 15) is 0 Å². The van der Waals surface area contributed by atoms with Crippen molar-refractivity contribution in [2.24, 2.45) is 0 Å². The molecule has 28 heavy (non-hydrogen) atoms. The van der Waals surface area contributed by atoms with E-state index in [1.54, 1.807) is 26.6 Å². The van der Waals surface area contributed by atoms with Gasteiger partial charge in [-0.05, 0) is 45.0 Å². The van der Waals surface area contributed by atoms with Crippen LogP contribution in [0.2, 0.25) is 0 Å². The van der Waals surface area contributed by atoms with E-state index in [2.05, 4.69) is 46.4 Å². The fourth-order valence-corrected chi connectivity index (χ4v) is 2.64. The Morgan fingerprint density at radius 2 is 1.57 bits per heavy atom. The van der Waals surface area contributed by atoms with E-state index in [1.165, 1.54) is 0 Å². The van der Waals surface area contributed by atoms with Crippen molar-refractivity contribution in [3.63, 3.8) is 0 Å². The average Bonchev–Trinajstić information content (AvgIpc) is 2.67. The van der Waals surface area contributed by atoms with Gasteiger partial charge in [-0.1, -0.05) is 0 Å². The molecule has 0 fully saturated rings. The van der Waals surface area contributed by atoms with Crippen LogP contribution in [0.3, 0.4) is 0 Å². The lowest BCUT2D eigenvalue weighted by atomic mass is 10.1. The smallest absolute Gasteiger partial charge is 0.225 e. The van der Waals surface area contributed by atoms with Gasteiger partial charge in [-0.25, -0.2) is 4.98 Å². The molecular formula is C21H25N5O2. The van der Waals surface area contributed by atoms with Gasteiger partial charge in [-0.2, -0.15) is 4.98 Å². The van der Waals surface area contributed by atoms with Crippen LogP contribution in [-0.4, -0.2) is 34.7 Å². The number of rotatable bonds is 6. The number of pyridine rings is 1. The largest absolute Gasteiger partial charge is 0.493 e. The van der Waals surface area contributed by atoms with Crippen LogP contribution in [0, 0.1) is 0 Å². The highest BCUT2D eigenvalue weighted by Crippen LogP contribution is 2.31. The molecule has 0 atom stereocenters. The first-order valence-electron chi connectivity index (χ1n) is 8.94. The van der Waals surface area contributed by atoms with Crippen molar-refractivity contribution in [3.8, 4) is 22.8 Å². The number of aromatic nitrogens is 3. The summed E-state index contributed by atoms with van der Waals surface area (Å²) in [6, 6.07) is 11.4. The topological polar surface area (TPSA) is 81.2 Å². The Kier molecular flexibility index (Phi) is 5.63. The standard InChI is InChI=1S/C21H25N5O2/c1-21(2,3)26-20-24-16(14-8-10-22-11-9-14)13-19(25-20)23-15-6-7-17(27-4)18(12-15)28-5/h6-13H,1-5H3,(H2,23,24,25,26). The number of anilines is 3. The zero-order chi connectivity index (χ0) is 20.1. The summed E-state index contributed by atoms with van der Waals surface area (Å²) in [5, 5.41) is 6.66. The van der Waals surface area contributed by atoms with Gasteiger partial charge in [-0.15, -0.1) is 0 Å². The first kappa shape index (κ1) is 19.4. The number of benzene rings is 1. The van der Waals surface area contributed by atoms with Gasteiger partial charge >= 0.3 is 0 Å². The van der Waals surface area contributed by atoms with Crippen LogP contribution in [0.5, 0.6) is 11.5 Å². The van der Waals surface area contributed by atoms with Gasteiger partial charge in [0.25, 0.3) is 0 Å². The quantitative estimate of drug-likeness (QED) is 0.652. The third kappa shape index (κ3) is 4.88. The Hall–Kier alpha value is -3.35. The first-order valence-corrected chi connectivity index (χ1v) is 8.94. The molecule has 2 heterocycles. The maximum atomic E-state index is 5.38. The number of hydrogen-bond acceptors (Lipinski definition) is 7. The molecule has 3 aromatic rings. The van der Waals surface area contributed by atoms with Crippen LogP contribution >= 0.6 is 0 Å². The molecule has 2 aromatic heterocycles. The molecule has 1 aromatic carbocycles. The van der Waals surface area contributed by atoms with Crippen LogP contribution in [0.1, 0.15) is 20.8 Å². The minimum absolute atomic E-state index is 0.169. The second-order valence-corrected chi connectivity index (χ2v) is 7.27. The summed E-state index contributed by atoms with van der Waals surface area (Å²) in [5.74, 6) is 2.53. The Bertz CT molecular complexity index is 939. The minimum atomic E-state index is -0.169. The van der Waals surface area contributed by atoms with Gasteiger partial charge in [0.15, 0.2) is 11.5 Å². The summed E-state index contributed by atoms with van der Waals surface area (Å²) < 4.78 is 10.7. The van der Waals surface area contributed by atoms with E-state index < -0.39 is 0 Å². The highest BCUT2D eigenvalue weighted by atomic mass is 16.5. The summed E-state index contributed by atoms with van der Waals surface area (Å²) in [6.07, 6.45) is 3.49. The van der Waals surface area contributed by atoms with E-state index in [0.717, 1.165) is 16.9 Å². The molecule has 0 spiro atoms. The molecule has 2 N–H and O–H groups in total. The van der Waals surface area contributed by atoms with Crippen molar-refractivity contribution in [1.29, 1.82) is 0 Å². The maximum absolute atomic E-state index is 5.38. The molecule has 0 aliphatic carbocycles. The molecule has 0 amide bonds. The number of nitrogens with zero attached hydrogens (tertiary/aromatic N) is 3. The molecule has 0 saturated carbocycles. The number of methoxy groups -OCH3 is 2. The van der Waals surface area contributed by atoms with Crippen molar-refractivity contribution in [3.05, 3.63) is 48.8 Å². The SMILES string of the molecule is COc1ccc(Nc2cc(-c3ccncc3)nc(NC(C)(C)C)n2)cc1OC. The fourth-order valence-electron chi connectivity index (χ4n) is 2.64. The highest BCUT2D eigenvalue weighted by molar-refractivity contribution is 5.68. The van der Waals surface area contributed by atoms with E-state index in [1.807, 2.05) is 36.4 Å². The molecule has 0 saturated heterocycles. The van der Waals surface area contributed by atoms with Gasteiger partial charge in [0.1, 0.15) is 5.82 Å². The third-order valence-electron chi connectivity index (χ3n) is 3.84. The Morgan fingerprint density at radius 3 is 2.21 bits per heavy atom. The number of nitrogens with one attached hydrogen (secondary N) is 2. The maximum Gasteiger partial charge on any atom is 0.225 e. The van der Waals surface area contributed by atoms with Gasteiger partial charge < -0.3 is 20.1 Å². The Balaban J connectivity index is 1.98. The highest BCUT2D eigenvalue weighted by Gasteiger charge is 2.14. The summed E-state index contributed by atoms with van der Waals surface area (Å²) in [5.41, 5.74) is 2.42. The lowest BCUT2D eigenvalue weighted by molar-refractivity contribution is 0.355. The van der Waals surface area contributed by atoms with E-state index in [4.69, 9.17) is 9.47 Å². The fraction of sp³-hybridized carbons (Fsp3) is 0.286. The van der Waals surface area contributed by atoms with Crippen molar-refractivity contribution < 1.29 is 9.47 Å². The summed E-state index contributed by atoms with van der Waals surface area (Å²) >= 11 is 0. The van der Waals surface area contributed by atoms with Gasteiger partial charge in [0.2, 0.25) is 5.95 Å². The van der Waals surface area contributed by atoms with Gasteiger partial charge in [-0.3, -0.25) is 4.98 Å². The average molecular weight is 379 g/mol. The number of ether oxygens (including phenoxy) is 2. The van der Waals surface area contributed by atoms with Crippen molar-refractivity contribution >= 4 is 17.5 Å². The molecule has 7 nitrogen and oxygen atoms in total. The van der Waals surface area contributed by atoms with Crippen molar-refractivity contribution in [1.82, 2.24) is 15.0 Å². The predicted molar refractivity (Wildman–Crippen MR) is 111 cm³/mol. The molecule has 0 bridgehead atoms. The summed E-state index contributed by atoms with van der Waals surface area (Å²) in [4.78, 5) is 13.4. The monoisotopic (exact) mass is 379 g/mol. The zero-order valence-electron chi connectivity index (χ0n) is 16.8. The van der Waals surface area contributed by atoms with Crippen LogP contribution in [0.25, 0.3) is 11.3 Å². The molecule has 3 rings (SSSR count). The minimum Gasteiger partial charge on any atom is -0.493 e. The van der Waals surface area contributed by atoms with Crippen molar-refractivity contribution in [2.75, 3.05) is 24.9 Å². The molecule has 7 heteroatoms. The second kappa shape index (κ2) is 8.12. The molecule has 0 aliphatic heterocycles. The van der Waals surface area contributed by atoms with Crippen LogP contribution in [0.4, 0.5) is 17.5 Å². The molecule has 0 unspecified atom stereocenters. The van der Waals surface area contributed by atoms with Crippen LogP contribution < -0.4 is 20.1 Å². The van der Waals surface area contributed by atoms with E-state index in [0.29, 0.717) is 23.3 Å². The van der Waals surface area contributed by atoms with Crippen LogP contribution in [0.15, 0.2) is 48.8 Å². The normalized spacial score (nSPS) is 11.0. The Morgan fingerprint density at radius 1 is 0.857 bits per heavy atom. The zero-order valence-corrected chi connectivity index (χ0v) is 16.8. The van der Waals surface area contributed by atoms with Crippen molar-refractivity contribution in [2.45, 2.75) is 26.3 Å². The lowest BCUT2D eigenvalue weighted by Crippen LogP contribution is -2.27. The second-order valence-electron chi connectivity index (χ2n) is 7.27. The third-order valence-corrected chi connectivity index (χ3v) is 3.84. The lowest BCUT2D eigenvalue weighted by Gasteiger charge is -2.21. The molecular weight excluding hydrogens is 354 g/mol. The molecule has 0 radical (unpaired) electrons. The summed E-state index contributed by atoms with van der Waals surface area (Å²) in [7, 11) is 3.22. The molecule has 146 valence electrons.